The molecule has 0 radical (unpaired) electrons. The number of amides is 2. The van der Waals surface area contributed by atoms with E-state index in [4.69, 9.17) is 24.5 Å². The molecule has 2 amide bonds. The summed E-state index contributed by atoms with van der Waals surface area (Å²) in [5, 5.41) is 19.0. The normalized spacial score (nSPS) is 15.2. The second-order valence-corrected chi connectivity index (χ2v) is 12.3. The zero-order chi connectivity index (χ0) is 37.4. The van der Waals surface area contributed by atoms with Gasteiger partial charge in [0.1, 0.15) is 0 Å². The van der Waals surface area contributed by atoms with Gasteiger partial charge >= 0.3 is 0 Å². The van der Waals surface area contributed by atoms with Crippen molar-refractivity contribution in [2.45, 2.75) is 38.6 Å². The van der Waals surface area contributed by atoms with Crippen molar-refractivity contribution in [1.29, 1.82) is 0 Å². The maximum Gasteiger partial charge on any atom is 0.251 e. The van der Waals surface area contributed by atoms with Crippen molar-refractivity contribution in [2.24, 2.45) is 11.0 Å². The summed E-state index contributed by atoms with van der Waals surface area (Å²) in [6, 6.07) is 16.4. The highest BCUT2D eigenvalue weighted by Crippen LogP contribution is 2.26. The van der Waals surface area contributed by atoms with Crippen LogP contribution in [0.2, 0.25) is 0 Å². The fraction of sp³-hybridized carbons (Fsp3) is 0.528. The first-order chi connectivity index (χ1) is 26.0. The van der Waals surface area contributed by atoms with Crippen molar-refractivity contribution in [2.75, 3.05) is 95.0 Å². The van der Waals surface area contributed by atoms with E-state index < -0.39 is 0 Å². The fourth-order valence-electron chi connectivity index (χ4n) is 5.29. The van der Waals surface area contributed by atoms with Gasteiger partial charge in [-0.15, -0.1) is 0 Å². The number of anilines is 4. The molecule has 53 heavy (non-hydrogen) atoms. The molecule has 1 aliphatic rings. The van der Waals surface area contributed by atoms with E-state index in [0.717, 1.165) is 31.6 Å². The lowest BCUT2D eigenvalue weighted by molar-refractivity contribution is 0.0511. The summed E-state index contributed by atoms with van der Waals surface area (Å²) in [5.41, 5.74) is 10.1. The van der Waals surface area contributed by atoms with Crippen molar-refractivity contribution in [3.05, 3.63) is 76.2 Å². The van der Waals surface area contributed by atoms with Gasteiger partial charge in [0.2, 0.25) is 17.8 Å². The molecule has 1 saturated carbocycles. The summed E-state index contributed by atoms with van der Waals surface area (Å²) < 4.78 is 22.0. The maximum absolute atomic E-state index is 12.6. The molecule has 1 heterocycles. The van der Waals surface area contributed by atoms with Crippen LogP contribution < -0.4 is 26.6 Å². The molecule has 1 aliphatic carbocycles. The van der Waals surface area contributed by atoms with Crippen LogP contribution in [-0.2, 0) is 18.9 Å². The third-order valence-corrected chi connectivity index (χ3v) is 8.16. The Kier molecular flexibility index (Phi) is 18.6. The Morgan fingerprint density at radius 1 is 0.698 bits per heavy atom. The van der Waals surface area contributed by atoms with Gasteiger partial charge in [-0.25, -0.2) is 0 Å². The van der Waals surface area contributed by atoms with Crippen LogP contribution in [0.1, 0.15) is 53.3 Å². The Bertz CT molecular complexity index is 1550. The van der Waals surface area contributed by atoms with Gasteiger partial charge in [-0.05, 0) is 73.5 Å². The molecular formula is C36H51N11O6. The molecule has 0 unspecified atom stereocenters. The number of aromatic nitrogens is 3. The van der Waals surface area contributed by atoms with Crippen LogP contribution in [0.25, 0.3) is 10.4 Å². The van der Waals surface area contributed by atoms with Gasteiger partial charge in [0, 0.05) is 53.9 Å². The number of benzene rings is 2. The van der Waals surface area contributed by atoms with E-state index in [-0.39, 0.29) is 24.4 Å². The highest BCUT2D eigenvalue weighted by molar-refractivity contribution is 5.94. The lowest BCUT2D eigenvalue weighted by atomic mass is 9.87. The summed E-state index contributed by atoms with van der Waals surface area (Å²) >= 11 is 0. The lowest BCUT2D eigenvalue weighted by Gasteiger charge is -2.27. The van der Waals surface area contributed by atoms with Gasteiger partial charge < -0.3 is 45.5 Å². The van der Waals surface area contributed by atoms with E-state index in [1.54, 1.807) is 36.4 Å². The van der Waals surface area contributed by atoms with Crippen LogP contribution in [0.5, 0.6) is 0 Å². The quantitative estimate of drug-likeness (QED) is 0.0351. The molecule has 3 aromatic rings. The zero-order valence-electron chi connectivity index (χ0n) is 30.3. The van der Waals surface area contributed by atoms with E-state index >= 15 is 0 Å². The maximum atomic E-state index is 12.6. The number of nitrogens with zero attached hydrogens (tertiary/aromatic N) is 6. The first-order valence-electron chi connectivity index (χ1n) is 18.1. The Labute approximate surface area is 310 Å². The third-order valence-electron chi connectivity index (χ3n) is 8.16. The number of hydrogen-bond donors (Lipinski definition) is 5. The van der Waals surface area contributed by atoms with E-state index in [2.05, 4.69) is 58.5 Å². The average Bonchev–Trinajstić information content (AvgIpc) is 3.17. The topological polar surface area (TPSA) is 219 Å². The predicted molar refractivity (Wildman–Crippen MR) is 201 cm³/mol. The monoisotopic (exact) mass is 733 g/mol. The second kappa shape index (κ2) is 24.2. The Balaban J connectivity index is 1.18. The van der Waals surface area contributed by atoms with Crippen LogP contribution in [0.3, 0.4) is 0 Å². The highest BCUT2D eigenvalue weighted by Gasteiger charge is 2.19. The van der Waals surface area contributed by atoms with E-state index in [1.165, 1.54) is 0 Å². The first kappa shape index (κ1) is 40.7. The van der Waals surface area contributed by atoms with E-state index in [0.29, 0.717) is 107 Å². The summed E-state index contributed by atoms with van der Waals surface area (Å²) in [5.74, 6) is 1.62. The molecule has 286 valence electrons. The van der Waals surface area contributed by atoms with E-state index in [9.17, 15) is 9.59 Å². The summed E-state index contributed by atoms with van der Waals surface area (Å²) in [6.07, 6.45) is 4.42. The number of rotatable bonds is 25. The largest absolute Gasteiger partial charge is 0.379 e. The molecule has 5 N–H and O–H groups in total. The van der Waals surface area contributed by atoms with Crippen LogP contribution in [0.4, 0.5) is 23.5 Å². The summed E-state index contributed by atoms with van der Waals surface area (Å²) in [6.45, 7) is 6.86. The fourth-order valence-corrected chi connectivity index (χ4v) is 5.29. The summed E-state index contributed by atoms with van der Waals surface area (Å²) in [4.78, 5) is 41.2. The molecule has 0 saturated heterocycles. The molecule has 1 aromatic heterocycles. The minimum absolute atomic E-state index is 0.127. The Morgan fingerprint density at radius 2 is 1.25 bits per heavy atom. The van der Waals surface area contributed by atoms with Gasteiger partial charge in [-0.3, -0.25) is 9.59 Å². The molecular weight excluding hydrogens is 682 g/mol. The van der Waals surface area contributed by atoms with Gasteiger partial charge in [0.05, 0.1) is 52.9 Å². The standard InChI is InChI=1S/C36H51N11O6/c1-27-7-11-30(12-8-27)42-35-44-34(40-17-21-52-24-23-50-19-15-38-32(48)28-5-3-2-4-6-28)45-36(46-35)43-31-13-9-29(10-14-31)33(49)39-16-20-51-25-26-53-22-18-41-47-37/h2-6,9-10,13-14,27,30H,7-8,11-12,15-26H2,1H3,(H,38,48)(H,39,49)(H3,40,42,43,44,45,46). The van der Waals surface area contributed by atoms with Crippen molar-refractivity contribution >= 4 is 35.3 Å². The highest BCUT2D eigenvalue weighted by atomic mass is 16.5. The SMILES string of the molecule is CC1CCC(Nc2nc(NCCOCCOCCNC(=O)c3ccccc3)nc(Nc3ccc(C(=O)NCCOCCOCCN=[N+]=[N-])cc3)n2)CC1. The van der Waals surface area contributed by atoms with E-state index in [1.807, 2.05) is 18.2 Å². The molecule has 17 nitrogen and oxygen atoms in total. The van der Waals surface area contributed by atoms with Gasteiger partial charge in [0.25, 0.3) is 11.8 Å². The number of carbonyl (C=O) groups is 2. The Hall–Kier alpha value is -5.06. The van der Waals surface area contributed by atoms with Gasteiger partial charge in [-0.1, -0.05) is 30.2 Å². The van der Waals surface area contributed by atoms with Crippen molar-refractivity contribution < 1.29 is 28.5 Å². The minimum Gasteiger partial charge on any atom is -0.379 e. The lowest BCUT2D eigenvalue weighted by Crippen LogP contribution is -2.27. The van der Waals surface area contributed by atoms with Crippen molar-refractivity contribution in [1.82, 2.24) is 25.6 Å². The molecule has 0 aliphatic heterocycles. The van der Waals surface area contributed by atoms with Crippen molar-refractivity contribution in [3.8, 4) is 0 Å². The van der Waals surface area contributed by atoms with Gasteiger partial charge in [0.15, 0.2) is 0 Å². The zero-order valence-corrected chi connectivity index (χ0v) is 30.3. The molecule has 17 heteroatoms. The molecule has 0 bridgehead atoms. The van der Waals surface area contributed by atoms with Crippen LogP contribution in [-0.4, -0.2) is 112 Å². The first-order valence-corrected chi connectivity index (χ1v) is 18.1. The molecule has 4 rings (SSSR count). The number of azide groups is 1. The minimum atomic E-state index is -0.216. The van der Waals surface area contributed by atoms with Crippen LogP contribution in [0.15, 0.2) is 59.7 Å². The third kappa shape index (κ3) is 16.4. The molecule has 0 atom stereocenters. The second-order valence-electron chi connectivity index (χ2n) is 12.3. The molecule has 0 spiro atoms. The van der Waals surface area contributed by atoms with Gasteiger partial charge in [-0.2, -0.15) is 15.0 Å². The number of ether oxygens (including phenoxy) is 4. The number of carbonyl (C=O) groups excluding carboxylic acids is 2. The average molecular weight is 734 g/mol. The van der Waals surface area contributed by atoms with Crippen LogP contribution in [0, 0.1) is 5.92 Å². The van der Waals surface area contributed by atoms with Crippen LogP contribution >= 0.6 is 0 Å². The number of nitrogens with one attached hydrogen (secondary N) is 5. The predicted octanol–water partition coefficient (Wildman–Crippen LogP) is 4.55. The smallest absolute Gasteiger partial charge is 0.251 e. The van der Waals surface area contributed by atoms with Crippen molar-refractivity contribution in [3.63, 3.8) is 0 Å². The Morgan fingerprint density at radius 3 is 1.87 bits per heavy atom. The molecule has 2 aromatic carbocycles. The summed E-state index contributed by atoms with van der Waals surface area (Å²) in [7, 11) is 0. The number of hydrogen-bond acceptors (Lipinski definition) is 13. The molecule has 1 fully saturated rings.